The van der Waals surface area contributed by atoms with Gasteiger partial charge in [-0.2, -0.15) is 0 Å². The number of likely N-dealkylation sites (tertiary alicyclic amines) is 1. The Morgan fingerprint density at radius 2 is 1.78 bits per heavy atom. The van der Waals surface area contributed by atoms with Crippen LogP contribution in [0.15, 0.2) is 66.0 Å². The molecule has 2 aliphatic heterocycles. The molecule has 5 heteroatoms. The van der Waals surface area contributed by atoms with E-state index >= 15 is 0 Å². The number of aromatic nitrogens is 3. The molecule has 5 nitrogen and oxygen atoms in total. The van der Waals surface area contributed by atoms with Crippen LogP contribution in [0, 0.1) is 5.92 Å². The van der Waals surface area contributed by atoms with E-state index in [0.29, 0.717) is 11.8 Å². The summed E-state index contributed by atoms with van der Waals surface area (Å²) < 4.78 is 2.00. The van der Waals surface area contributed by atoms with E-state index < -0.39 is 0 Å². The second-order valence-corrected chi connectivity index (χ2v) is 7.69. The van der Waals surface area contributed by atoms with Crippen LogP contribution in [0.1, 0.15) is 23.6 Å². The average Bonchev–Trinajstić information content (AvgIpc) is 2.70. The van der Waals surface area contributed by atoms with Crippen molar-refractivity contribution in [3.05, 3.63) is 82.8 Å². The van der Waals surface area contributed by atoms with Crippen molar-refractivity contribution in [3.8, 4) is 11.1 Å². The fourth-order valence-corrected chi connectivity index (χ4v) is 4.77. The normalized spacial score (nSPS) is 21.6. The number of rotatable bonds is 3. The molecule has 136 valence electrons. The van der Waals surface area contributed by atoms with Crippen LogP contribution in [0.2, 0.25) is 0 Å². The molecule has 0 amide bonds. The number of pyridine rings is 1. The van der Waals surface area contributed by atoms with Gasteiger partial charge >= 0.3 is 0 Å². The molecule has 5 rings (SSSR count). The summed E-state index contributed by atoms with van der Waals surface area (Å²) in [7, 11) is 0. The summed E-state index contributed by atoms with van der Waals surface area (Å²) in [5.41, 5.74) is 4.70. The Balaban J connectivity index is 1.52. The van der Waals surface area contributed by atoms with Crippen LogP contribution in [0.4, 0.5) is 0 Å². The summed E-state index contributed by atoms with van der Waals surface area (Å²) in [5, 5.41) is 0. The summed E-state index contributed by atoms with van der Waals surface area (Å²) >= 11 is 0. The quantitative estimate of drug-likeness (QED) is 0.722. The Kier molecular flexibility index (Phi) is 4.09. The molecule has 3 aromatic rings. The molecular formula is C22H22N4O. The number of fused-ring (bicyclic) bond motifs is 4. The highest BCUT2D eigenvalue weighted by atomic mass is 16.1. The summed E-state index contributed by atoms with van der Waals surface area (Å²) in [6.07, 6.45) is 6.37. The number of hydrogen-bond acceptors (Lipinski definition) is 4. The number of hydrogen-bond donors (Lipinski definition) is 0. The predicted molar refractivity (Wildman–Crippen MR) is 104 cm³/mol. The van der Waals surface area contributed by atoms with E-state index in [-0.39, 0.29) is 5.56 Å². The van der Waals surface area contributed by atoms with E-state index in [4.69, 9.17) is 0 Å². The van der Waals surface area contributed by atoms with Crippen LogP contribution >= 0.6 is 0 Å². The Bertz CT molecular complexity index is 1000. The van der Waals surface area contributed by atoms with E-state index in [1.807, 2.05) is 23.0 Å². The second-order valence-electron chi connectivity index (χ2n) is 7.69. The molecule has 0 spiro atoms. The SMILES string of the molecule is O=c1ccc(-c2cncnc2)c2n1C[C@@H]1C[C@@H]2CN(Cc2ccccc2)C1. The van der Waals surface area contributed by atoms with Crippen molar-refractivity contribution in [1.82, 2.24) is 19.4 Å². The van der Waals surface area contributed by atoms with Gasteiger partial charge in [-0.3, -0.25) is 9.69 Å². The van der Waals surface area contributed by atoms with Gasteiger partial charge in [0.05, 0.1) is 0 Å². The van der Waals surface area contributed by atoms with Gasteiger partial charge in [0.15, 0.2) is 0 Å². The Labute approximate surface area is 158 Å². The fraction of sp³-hybridized carbons (Fsp3) is 0.318. The van der Waals surface area contributed by atoms with Gasteiger partial charge in [-0.1, -0.05) is 30.3 Å². The van der Waals surface area contributed by atoms with Crippen LogP contribution < -0.4 is 5.56 Å². The first kappa shape index (κ1) is 16.4. The van der Waals surface area contributed by atoms with Gasteiger partial charge in [-0.05, 0) is 24.0 Å². The highest BCUT2D eigenvalue weighted by molar-refractivity contribution is 5.65. The Hall–Kier alpha value is -2.79. The number of benzene rings is 1. The minimum absolute atomic E-state index is 0.108. The van der Waals surface area contributed by atoms with E-state index in [1.54, 1.807) is 12.4 Å². The maximum atomic E-state index is 12.6. The maximum absolute atomic E-state index is 12.6. The summed E-state index contributed by atoms with van der Waals surface area (Å²) in [4.78, 5) is 23.5. The van der Waals surface area contributed by atoms with Gasteiger partial charge in [-0.15, -0.1) is 0 Å². The van der Waals surface area contributed by atoms with Gasteiger partial charge in [0.2, 0.25) is 0 Å². The van der Waals surface area contributed by atoms with Crippen LogP contribution in [-0.4, -0.2) is 32.5 Å². The van der Waals surface area contributed by atoms with Gasteiger partial charge in [0.1, 0.15) is 6.33 Å². The van der Waals surface area contributed by atoms with E-state index in [9.17, 15) is 4.79 Å². The lowest BCUT2D eigenvalue weighted by molar-refractivity contribution is 0.115. The predicted octanol–water partition coefficient (Wildman–Crippen LogP) is 2.92. The third kappa shape index (κ3) is 3.08. The maximum Gasteiger partial charge on any atom is 0.250 e. The lowest BCUT2D eigenvalue weighted by Gasteiger charge is -2.43. The van der Waals surface area contributed by atoms with Crippen molar-refractivity contribution in [1.29, 1.82) is 0 Å². The lowest BCUT2D eigenvalue weighted by atomic mass is 9.80. The molecule has 27 heavy (non-hydrogen) atoms. The van der Waals surface area contributed by atoms with Gasteiger partial charge in [0, 0.05) is 67.4 Å². The lowest BCUT2D eigenvalue weighted by Crippen LogP contribution is -2.47. The molecule has 2 aromatic heterocycles. The molecule has 1 aromatic carbocycles. The highest BCUT2D eigenvalue weighted by Gasteiger charge is 2.36. The van der Waals surface area contributed by atoms with Crippen molar-refractivity contribution < 1.29 is 0 Å². The average molecular weight is 358 g/mol. The molecule has 0 unspecified atom stereocenters. The molecule has 0 radical (unpaired) electrons. The van der Waals surface area contributed by atoms with E-state index in [2.05, 4.69) is 45.2 Å². The van der Waals surface area contributed by atoms with Crippen molar-refractivity contribution in [2.45, 2.75) is 25.4 Å². The smallest absolute Gasteiger partial charge is 0.250 e. The minimum Gasteiger partial charge on any atom is -0.311 e. The molecule has 0 N–H and O–H groups in total. The van der Waals surface area contributed by atoms with Gasteiger partial charge in [-0.25, -0.2) is 9.97 Å². The largest absolute Gasteiger partial charge is 0.311 e. The van der Waals surface area contributed by atoms with Crippen LogP contribution in [0.25, 0.3) is 11.1 Å². The zero-order valence-corrected chi connectivity index (χ0v) is 15.2. The Morgan fingerprint density at radius 3 is 2.59 bits per heavy atom. The first-order valence-electron chi connectivity index (χ1n) is 9.53. The van der Waals surface area contributed by atoms with Crippen LogP contribution in [0.5, 0.6) is 0 Å². The van der Waals surface area contributed by atoms with E-state index in [1.165, 1.54) is 5.56 Å². The van der Waals surface area contributed by atoms with Crippen molar-refractivity contribution in [2.24, 2.45) is 5.92 Å². The molecule has 0 aliphatic carbocycles. The molecule has 1 fully saturated rings. The zero-order chi connectivity index (χ0) is 18.2. The Morgan fingerprint density at radius 1 is 0.963 bits per heavy atom. The molecular weight excluding hydrogens is 336 g/mol. The second kappa shape index (κ2) is 6.74. The minimum atomic E-state index is 0.108. The molecule has 2 aliphatic rings. The summed E-state index contributed by atoms with van der Waals surface area (Å²) in [6, 6.07) is 14.3. The highest BCUT2D eigenvalue weighted by Crippen LogP contribution is 2.39. The van der Waals surface area contributed by atoms with Crippen LogP contribution in [-0.2, 0) is 13.1 Å². The zero-order valence-electron chi connectivity index (χ0n) is 15.2. The van der Waals surface area contributed by atoms with Crippen LogP contribution in [0.3, 0.4) is 0 Å². The first-order valence-corrected chi connectivity index (χ1v) is 9.53. The molecule has 0 saturated carbocycles. The molecule has 2 atom stereocenters. The topological polar surface area (TPSA) is 51.0 Å². The summed E-state index contributed by atoms with van der Waals surface area (Å²) in [6.45, 7) is 3.80. The third-order valence-corrected chi connectivity index (χ3v) is 5.79. The van der Waals surface area contributed by atoms with Gasteiger partial charge < -0.3 is 4.57 Å². The number of piperidine rings is 1. The molecule has 1 saturated heterocycles. The van der Waals surface area contributed by atoms with Crippen molar-refractivity contribution in [2.75, 3.05) is 13.1 Å². The van der Waals surface area contributed by atoms with E-state index in [0.717, 1.165) is 49.4 Å². The van der Waals surface area contributed by atoms with Gasteiger partial charge in [0.25, 0.3) is 5.56 Å². The third-order valence-electron chi connectivity index (χ3n) is 5.79. The number of nitrogens with zero attached hydrogens (tertiary/aromatic N) is 4. The molecule has 2 bridgehead atoms. The fourth-order valence-electron chi connectivity index (χ4n) is 4.77. The van der Waals surface area contributed by atoms with Crippen molar-refractivity contribution >= 4 is 0 Å². The molecule has 4 heterocycles. The monoisotopic (exact) mass is 358 g/mol. The standard InChI is InChI=1S/C22H22N4O/c27-21-7-6-20(19-9-23-15-24-10-19)22-18-8-17(13-26(21)22)12-25(14-18)11-16-4-2-1-3-5-16/h1-7,9-10,15,17-18H,8,11-14H2/t17-,18-/m1/s1. The summed E-state index contributed by atoms with van der Waals surface area (Å²) in [5.74, 6) is 0.894. The first-order chi connectivity index (χ1) is 13.3. The van der Waals surface area contributed by atoms with Crippen molar-refractivity contribution in [3.63, 3.8) is 0 Å².